The smallest absolute Gasteiger partial charge is 0.338 e. The van der Waals surface area contributed by atoms with Gasteiger partial charge in [-0.05, 0) is 24.3 Å². The van der Waals surface area contributed by atoms with Crippen LogP contribution in [0.3, 0.4) is 0 Å². The molecule has 0 aliphatic heterocycles. The molecule has 0 saturated carbocycles. The maximum atomic E-state index is 12.7. The lowest BCUT2D eigenvalue weighted by Crippen LogP contribution is -2.04. The van der Waals surface area contributed by atoms with Crippen LogP contribution in [0.2, 0.25) is 5.02 Å². The van der Waals surface area contributed by atoms with Crippen molar-refractivity contribution in [3.63, 3.8) is 0 Å². The summed E-state index contributed by atoms with van der Waals surface area (Å²) in [6, 6.07) is 8.24. The van der Waals surface area contributed by atoms with Crippen molar-refractivity contribution < 1.29 is 17.7 Å². The van der Waals surface area contributed by atoms with Gasteiger partial charge in [-0.1, -0.05) is 40.7 Å². The number of hydrogen-bond acceptors (Lipinski definition) is 5. The van der Waals surface area contributed by atoms with E-state index in [0.29, 0.717) is 16.7 Å². The quantitative estimate of drug-likeness (QED) is 0.597. The third kappa shape index (κ3) is 4.07. The van der Waals surface area contributed by atoms with Crippen molar-refractivity contribution in [3.8, 4) is 11.4 Å². The maximum Gasteiger partial charge on any atom is 0.416 e. The second-order valence-corrected chi connectivity index (χ2v) is 6.13. The number of halogens is 4. The number of aromatic nitrogens is 3. The molecule has 3 rings (SSSR count). The van der Waals surface area contributed by atoms with Crippen molar-refractivity contribution in [3.05, 3.63) is 59.1 Å². The Morgan fingerprint density at radius 2 is 2.00 bits per heavy atom. The van der Waals surface area contributed by atoms with Crippen LogP contribution in [0.1, 0.15) is 11.5 Å². The lowest BCUT2D eigenvalue weighted by Gasteiger charge is -2.06. The minimum absolute atomic E-state index is 0.112. The van der Waals surface area contributed by atoms with E-state index in [0.717, 1.165) is 17.2 Å². The highest BCUT2D eigenvalue weighted by Crippen LogP contribution is 2.31. The Labute approximate surface area is 144 Å². The van der Waals surface area contributed by atoms with Gasteiger partial charge in [-0.15, -0.1) is 0 Å². The van der Waals surface area contributed by atoms with E-state index in [1.165, 1.54) is 30.1 Å². The third-order valence-corrected chi connectivity index (χ3v) is 4.11. The molecule has 3 aromatic rings. The number of pyridine rings is 1. The Balaban J connectivity index is 1.72. The molecule has 24 heavy (non-hydrogen) atoms. The predicted octanol–water partition coefficient (Wildman–Crippen LogP) is 5.10. The van der Waals surface area contributed by atoms with E-state index in [4.69, 9.17) is 16.1 Å². The van der Waals surface area contributed by atoms with Gasteiger partial charge < -0.3 is 4.52 Å². The van der Waals surface area contributed by atoms with E-state index in [-0.39, 0.29) is 11.4 Å². The molecule has 0 unspecified atom stereocenters. The monoisotopic (exact) mass is 371 g/mol. The largest absolute Gasteiger partial charge is 0.416 e. The van der Waals surface area contributed by atoms with Gasteiger partial charge in [0.05, 0.1) is 21.4 Å². The van der Waals surface area contributed by atoms with Crippen molar-refractivity contribution in [1.29, 1.82) is 0 Å². The van der Waals surface area contributed by atoms with Gasteiger partial charge in [0.15, 0.2) is 0 Å². The first-order chi connectivity index (χ1) is 11.4. The molecule has 0 aliphatic carbocycles. The Hall–Kier alpha value is -2.06. The first-order valence-electron chi connectivity index (χ1n) is 6.66. The van der Waals surface area contributed by atoms with Gasteiger partial charge >= 0.3 is 6.18 Å². The van der Waals surface area contributed by atoms with Crippen LogP contribution in [0, 0.1) is 0 Å². The van der Waals surface area contributed by atoms with Gasteiger partial charge in [-0.3, -0.25) is 0 Å². The van der Waals surface area contributed by atoms with Crippen LogP contribution < -0.4 is 0 Å². The van der Waals surface area contributed by atoms with Crippen molar-refractivity contribution in [2.24, 2.45) is 0 Å². The molecule has 4 nitrogen and oxygen atoms in total. The summed E-state index contributed by atoms with van der Waals surface area (Å²) in [4.78, 5) is 8.23. The minimum atomic E-state index is -4.42. The summed E-state index contributed by atoms with van der Waals surface area (Å²) in [5.41, 5.74) is -0.513. The van der Waals surface area contributed by atoms with Crippen LogP contribution in [0.25, 0.3) is 11.4 Å². The molecule has 0 amide bonds. The van der Waals surface area contributed by atoms with E-state index in [2.05, 4.69) is 15.1 Å². The third-order valence-electron chi connectivity index (χ3n) is 2.96. The predicted molar refractivity (Wildman–Crippen MR) is 83.5 cm³/mol. The molecular formula is C15H9ClF3N3OS. The van der Waals surface area contributed by atoms with Crippen LogP contribution in [0.4, 0.5) is 13.2 Å². The van der Waals surface area contributed by atoms with Crippen LogP contribution in [0.5, 0.6) is 0 Å². The van der Waals surface area contributed by atoms with Crippen LogP contribution in [-0.4, -0.2) is 15.1 Å². The normalized spacial score (nSPS) is 11.7. The fourth-order valence-corrected chi connectivity index (χ4v) is 2.64. The molecule has 0 N–H and O–H groups in total. The lowest BCUT2D eigenvalue weighted by atomic mass is 10.1. The summed E-state index contributed by atoms with van der Waals surface area (Å²) in [7, 11) is 0. The van der Waals surface area contributed by atoms with E-state index < -0.39 is 11.7 Å². The summed E-state index contributed by atoms with van der Waals surface area (Å²) in [5.74, 6) is 0.755. The van der Waals surface area contributed by atoms with Gasteiger partial charge in [-0.25, -0.2) is 4.98 Å². The minimum Gasteiger partial charge on any atom is -0.338 e. The molecule has 0 spiro atoms. The van der Waals surface area contributed by atoms with Crippen molar-refractivity contribution >= 4 is 23.4 Å². The zero-order valence-corrected chi connectivity index (χ0v) is 13.5. The number of rotatable bonds is 4. The number of nitrogens with zero attached hydrogens (tertiary/aromatic N) is 3. The van der Waals surface area contributed by atoms with Gasteiger partial charge in [-0.2, -0.15) is 18.2 Å². The molecule has 2 aromatic heterocycles. The zero-order chi connectivity index (χ0) is 17.2. The molecule has 0 aliphatic rings. The highest BCUT2D eigenvalue weighted by molar-refractivity contribution is 7.98. The summed E-state index contributed by atoms with van der Waals surface area (Å²) < 4.78 is 43.3. The average molecular weight is 372 g/mol. The summed E-state index contributed by atoms with van der Waals surface area (Å²) in [6.07, 6.45) is -2.90. The fraction of sp³-hybridized carbons (Fsp3) is 0.133. The van der Waals surface area contributed by atoms with Gasteiger partial charge in [0.25, 0.3) is 0 Å². The first kappa shape index (κ1) is 16.8. The van der Waals surface area contributed by atoms with E-state index in [1.807, 2.05) is 0 Å². The van der Waals surface area contributed by atoms with Gasteiger partial charge in [0, 0.05) is 11.8 Å². The average Bonchev–Trinajstić information content (AvgIpc) is 3.03. The number of thioether (sulfide) groups is 1. The van der Waals surface area contributed by atoms with Crippen molar-refractivity contribution in [2.45, 2.75) is 17.0 Å². The molecule has 2 heterocycles. The Bertz CT molecular complexity index is 836. The van der Waals surface area contributed by atoms with E-state index in [9.17, 15) is 13.2 Å². The Morgan fingerprint density at radius 3 is 2.71 bits per heavy atom. The fourth-order valence-electron chi connectivity index (χ4n) is 1.85. The molecular weight excluding hydrogens is 363 g/mol. The van der Waals surface area contributed by atoms with Crippen LogP contribution in [0.15, 0.2) is 52.1 Å². The SMILES string of the molecule is FC(F)(F)c1cccc(-c2noc(CSc3ccc(Cl)cn3)n2)c1. The topological polar surface area (TPSA) is 51.8 Å². The summed E-state index contributed by atoms with van der Waals surface area (Å²) in [6.45, 7) is 0. The Morgan fingerprint density at radius 1 is 1.17 bits per heavy atom. The summed E-state index contributed by atoms with van der Waals surface area (Å²) >= 11 is 7.10. The molecule has 0 bridgehead atoms. The van der Waals surface area contributed by atoms with E-state index >= 15 is 0 Å². The molecule has 0 saturated heterocycles. The Kier molecular flexibility index (Phi) is 4.77. The highest BCUT2D eigenvalue weighted by Gasteiger charge is 2.30. The zero-order valence-electron chi connectivity index (χ0n) is 11.9. The van der Waals surface area contributed by atoms with Crippen molar-refractivity contribution in [2.75, 3.05) is 0 Å². The van der Waals surface area contributed by atoms with Crippen LogP contribution >= 0.6 is 23.4 Å². The van der Waals surface area contributed by atoms with Crippen molar-refractivity contribution in [1.82, 2.24) is 15.1 Å². The molecule has 0 radical (unpaired) electrons. The highest BCUT2D eigenvalue weighted by atomic mass is 35.5. The second kappa shape index (κ2) is 6.82. The van der Waals surface area contributed by atoms with E-state index in [1.54, 1.807) is 12.1 Å². The van der Waals surface area contributed by atoms with Gasteiger partial charge in [0.1, 0.15) is 0 Å². The maximum absolute atomic E-state index is 12.7. The number of hydrogen-bond donors (Lipinski definition) is 0. The lowest BCUT2D eigenvalue weighted by molar-refractivity contribution is -0.137. The van der Waals surface area contributed by atoms with Crippen LogP contribution in [-0.2, 0) is 11.9 Å². The standard InChI is InChI=1S/C15H9ClF3N3OS/c16-11-4-5-13(20-7-11)24-8-12-21-14(22-23-12)9-2-1-3-10(6-9)15(17,18)19/h1-7H,8H2. The molecule has 124 valence electrons. The first-order valence-corrected chi connectivity index (χ1v) is 8.03. The summed E-state index contributed by atoms with van der Waals surface area (Å²) in [5, 5.41) is 4.98. The molecule has 0 fully saturated rings. The molecule has 1 aromatic carbocycles. The molecule has 0 atom stereocenters. The molecule has 9 heteroatoms. The van der Waals surface area contributed by atoms with Gasteiger partial charge in [0.2, 0.25) is 11.7 Å². The second-order valence-electron chi connectivity index (χ2n) is 4.69. The number of alkyl halides is 3. The number of benzene rings is 1.